The van der Waals surface area contributed by atoms with Gasteiger partial charge in [-0.15, -0.1) is 0 Å². The Labute approximate surface area is 68.5 Å². The number of allylic oxidation sites excluding steroid dienone is 4. The molecular weight excluding hydrogens is 192 g/mol. The summed E-state index contributed by atoms with van der Waals surface area (Å²) in [4.78, 5) is 0. The van der Waals surface area contributed by atoms with Crippen LogP contribution < -0.4 is 0 Å². The highest BCUT2D eigenvalue weighted by Gasteiger charge is 1.89. The van der Waals surface area contributed by atoms with E-state index in [9.17, 15) is 0 Å². The molecule has 0 unspecified atom stereocenters. The van der Waals surface area contributed by atoms with Gasteiger partial charge in [-0.3, -0.25) is 0 Å². The minimum Gasteiger partial charge on any atom is -0.489 e. The van der Waals surface area contributed by atoms with Crippen molar-refractivity contribution in [3.63, 3.8) is 0 Å². The summed E-state index contributed by atoms with van der Waals surface area (Å²) in [5, 5.41) is 0. The fourth-order valence-electron chi connectivity index (χ4n) is 0.603. The molecular formula is C8H7BrO. The predicted molar refractivity (Wildman–Crippen MR) is 44.8 cm³/mol. The minimum absolute atomic E-state index is 0.733. The number of hydrogen-bond donors (Lipinski definition) is 0. The predicted octanol–water partition coefficient (Wildman–Crippen LogP) is 2.52. The zero-order valence-electron chi connectivity index (χ0n) is 5.60. The first-order chi connectivity index (χ1) is 4.83. The summed E-state index contributed by atoms with van der Waals surface area (Å²) in [6.45, 7) is 0. The molecule has 0 saturated carbocycles. The molecule has 0 aromatic carbocycles. The average molecular weight is 199 g/mol. The number of rotatable bonds is 1. The van der Waals surface area contributed by atoms with Crippen LogP contribution in [0.4, 0.5) is 0 Å². The van der Waals surface area contributed by atoms with Crippen molar-refractivity contribution in [3.05, 3.63) is 40.3 Å². The lowest BCUT2D eigenvalue weighted by Crippen LogP contribution is -1.76. The lowest BCUT2D eigenvalue weighted by Gasteiger charge is -1.92. The van der Waals surface area contributed by atoms with Crippen molar-refractivity contribution in [1.82, 2.24) is 0 Å². The summed E-state index contributed by atoms with van der Waals surface area (Å²) in [5.41, 5.74) is 2.98. The Morgan fingerprint density at radius 3 is 2.80 bits per heavy atom. The summed E-state index contributed by atoms with van der Waals surface area (Å²) in [7, 11) is 1.62. The first-order valence-electron chi connectivity index (χ1n) is 2.88. The number of hydrogen-bond acceptors (Lipinski definition) is 1. The lowest BCUT2D eigenvalue weighted by molar-refractivity contribution is 0.308. The SMILES string of the molecule is COC1=C=C(Br)C=CC=C1. The first-order valence-corrected chi connectivity index (χ1v) is 3.67. The van der Waals surface area contributed by atoms with Gasteiger partial charge in [0.2, 0.25) is 0 Å². The summed E-state index contributed by atoms with van der Waals surface area (Å²) in [5.74, 6) is 0.733. The molecule has 0 bridgehead atoms. The molecule has 0 radical (unpaired) electrons. The van der Waals surface area contributed by atoms with E-state index in [0.29, 0.717) is 0 Å². The van der Waals surface area contributed by atoms with Gasteiger partial charge in [-0.05, 0) is 28.1 Å². The molecule has 0 heterocycles. The highest BCUT2D eigenvalue weighted by Crippen LogP contribution is 2.10. The third-order valence-corrected chi connectivity index (χ3v) is 1.53. The van der Waals surface area contributed by atoms with Gasteiger partial charge >= 0.3 is 0 Å². The standard InChI is InChI=1S/C8H7BrO/c1-10-8-5-3-2-4-7(9)6-8/h2-5H,1H3. The largest absolute Gasteiger partial charge is 0.489 e. The van der Waals surface area contributed by atoms with Crippen LogP contribution in [0.3, 0.4) is 0 Å². The second kappa shape index (κ2) is 3.45. The van der Waals surface area contributed by atoms with Gasteiger partial charge in [0.25, 0.3) is 0 Å². The molecule has 0 spiro atoms. The van der Waals surface area contributed by atoms with Gasteiger partial charge in [-0.2, -0.15) is 0 Å². The van der Waals surface area contributed by atoms with E-state index in [1.54, 1.807) is 7.11 Å². The molecule has 52 valence electrons. The highest BCUT2D eigenvalue weighted by atomic mass is 79.9. The van der Waals surface area contributed by atoms with Crippen molar-refractivity contribution in [2.75, 3.05) is 7.11 Å². The fraction of sp³-hybridized carbons (Fsp3) is 0.125. The van der Waals surface area contributed by atoms with Crippen molar-refractivity contribution in [2.45, 2.75) is 0 Å². The van der Waals surface area contributed by atoms with Crippen molar-refractivity contribution < 1.29 is 4.74 Å². The van der Waals surface area contributed by atoms with Gasteiger partial charge in [-0.25, -0.2) is 0 Å². The zero-order valence-corrected chi connectivity index (χ0v) is 7.18. The van der Waals surface area contributed by atoms with Crippen LogP contribution in [-0.4, -0.2) is 7.11 Å². The van der Waals surface area contributed by atoms with Crippen LogP contribution in [0.15, 0.2) is 40.3 Å². The summed E-state index contributed by atoms with van der Waals surface area (Å²) in [6, 6.07) is 0. The van der Waals surface area contributed by atoms with Crippen molar-refractivity contribution in [2.24, 2.45) is 0 Å². The van der Waals surface area contributed by atoms with Gasteiger partial charge in [-0.1, -0.05) is 17.9 Å². The molecule has 0 aromatic heterocycles. The van der Waals surface area contributed by atoms with E-state index in [2.05, 4.69) is 21.7 Å². The molecule has 1 rings (SSSR count). The molecule has 0 atom stereocenters. The second-order valence-corrected chi connectivity index (χ2v) is 2.61. The summed E-state index contributed by atoms with van der Waals surface area (Å²) < 4.78 is 5.87. The van der Waals surface area contributed by atoms with Crippen molar-refractivity contribution >= 4 is 15.9 Å². The molecule has 1 aliphatic rings. The van der Waals surface area contributed by atoms with Crippen LogP contribution in [0.2, 0.25) is 0 Å². The van der Waals surface area contributed by atoms with Gasteiger partial charge in [0.1, 0.15) is 0 Å². The molecule has 10 heavy (non-hydrogen) atoms. The Balaban J connectivity index is 3.00. The van der Waals surface area contributed by atoms with Crippen molar-refractivity contribution in [3.8, 4) is 0 Å². The molecule has 0 amide bonds. The van der Waals surface area contributed by atoms with E-state index in [4.69, 9.17) is 4.74 Å². The molecule has 1 aliphatic carbocycles. The Morgan fingerprint density at radius 1 is 1.40 bits per heavy atom. The van der Waals surface area contributed by atoms with Gasteiger partial charge < -0.3 is 4.74 Å². The maximum atomic E-state index is 4.97. The van der Waals surface area contributed by atoms with E-state index in [0.717, 1.165) is 10.2 Å². The van der Waals surface area contributed by atoms with Gasteiger partial charge in [0, 0.05) is 0 Å². The molecule has 2 heteroatoms. The maximum Gasteiger partial charge on any atom is 0.162 e. The molecule has 0 fully saturated rings. The van der Waals surface area contributed by atoms with Crippen LogP contribution in [0.25, 0.3) is 0 Å². The Kier molecular flexibility index (Phi) is 2.55. The van der Waals surface area contributed by atoms with Crippen LogP contribution in [0.1, 0.15) is 0 Å². The molecule has 0 aromatic rings. The van der Waals surface area contributed by atoms with Gasteiger partial charge in [0.05, 0.1) is 11.6 Å². The zero-order chi connectivity index (χ0) is 7.40. The minimum atomic E-state index is 0.733. The van der Waals surface area contributed by atoms with Crippen LogP contribution in [0, 0.1) is 0 Å². The summed E-state index contributed by atoms with van der Waals surface area (Å²) >= 11 is 3.30. The second-order valence-electron chi connectivity index (χ2n) is 1.76. The van der Waals surface area contributed by atoms with E-state index >= 15 is 0 Å². The Hall–Kier alpha value is -0.720. The number of halogens is 1. The smallest absolute Gasteiger partial charge is 0.162 e. The quantitative estimate of drug-likeness (QED) is 0.589. The Bertz CT molecular complexity index is 242. The fourth-order valence-corrected chi connectivity index (χ4v) is 0.951. The molecule has 0 aliphatic heterocycles. The molecule has 1 nitrogen and oxygen atoms in total. The number of methoxy groups -OCH3 is 1. The normalized spacial score (nSPS) is 15.8. The maximum absolute atomic E-state index is 4.97. The molecule has 0 saturated heterocycles. The number of ether oxygens (including phenoxy) is 1. The average Bonchev–Trinajstić information content (AvgIpc) is 2.13. The lowest BCUT2D eigenvalue weighted by atomic mass is 10.4. The monoisotopic (exact) mass is 198 g/mol. The van der Waals surface area contributed by atoms with E-state index in [1.807, 2.05) is 24.3 Å². The highest BCUT2D eigenvalue weighted by molar-refractivity contribution is 9.11. The molecule has 0 N–H and O–H groups in total. The van der Waals surface area contributed by atoms with E-state index in [-0.39, 0.29) is 0 Å². The van der Waals surface area contributed by atoms with Crippen molar-refractivity contribution in [1.29, 1.82) is 0 Å². The third-order valence-electron chi connectivity index (χ3n) is 1.06. The van der Waals surface area contributed by atoms with Crippen LogP contribution in [0.5, 0.6) is 0 Å². The van der Waals surface area contributed by atoms with Crippen LogP contribution in [-0.2, 0) is 4.74 Å². The van der Waals surface area contributed by atoms with Gasteiger partial charge in [0.15, 0.2) is 5.76 Å². The van der Waals surface area contributed by atoms with E-state index < -0.39 is 0 Å². The topological polar surface area (TPSA) is 9.23 Å². The van der Waals surface area contributed by atoms with E-state index in [1.165, 1.54) is 0 Å². The van der Waals surface area contributed by atoms with Crippen LogP contribution >= 0.6 is 15.9 Å². The summed E-state index contributed by atoms with van der Waals surface area (Å²) in [6.07, 6.45) is 7.58. The Morgan fingerprint density at radius 2 is 2.10 bits per heavy atom. The third kappa shape index (κ3) is 1.90. The first kappa shape index (κ1) is 7.39.